The van der Waals surface area contributed by atoms with Gasteiger partial charge in [0.1, 0.15) is 4.90 Å². The highest BCUT2D eigenvalue weighted by molar-refractivity contribution is 9.10. The number of anilines is 1. The van der Waals surface area contributed by atoms with Gasteiger partial charge in [-0.25, -0.2) is 13.1 Å². The zero-order valence-electron chi connectivity index (χ0n) is 10.7. The summed E-state index contributed by atoms with van der Waals surface area (Å²) in [7, 11) is -3.42. The molecule has 0 amide bonds. The number of hydrogen-bond acceptors (Lipinski definition) is 3. The van der Waals surface area contributed by atoms with E-state index in [9.17, 15) is 8.42 Å². The van der Waals surface area contributed by atoms with Crippen LogP contribution in [0.1, 0.15) is 20.8 Å². The molecular weight excluding hydrogens is 316 g/mol. The second-order valence-corrected chi connectivity index (χ2v) is 7.98. The summed E-state index contributed by atoms with van der Waals surface area (Å²) in [6, 6.07) is 5.38. The Bertz CT molecular complexity index is 564. The van der Waals surface area contributed by atoms with Crippen LogP contribution < -0.4 is 9.62 Å². The maximum Gasteiger partial charge on any atom is 0.242 e. The number of nitrogens with one attached hydrogen (secondary N) is 1. The molecule has 0 fully saturated rings. The first kappa shape index (κ1) is 13.8. The molecule has 0 radical (unpaired) electrons. The van der Waals surface area contributed by atoms with Crippen LogP contribution in [-0.4, -0.2) is 27.0 Å². The highest BCUT2D eigenvalue weighted by atomic mass is 79.9. The molecule has 0 bridgehead atoms. The summed E-state index contributed by atoms with van der Waals surface area (Å²) < 4.78 is 27.7. The van der Waals surface area contributed by atoms with Crippen LogP contribution in [0.15, 0.2) is 27.6 Å². The monoisotopic (exact) mass is 332 g/mol. The van der Waals surface area contributed by atoms with E-state index >= 15 is 0 Å². The van der Waals surface area contributed by atoms with Gasteiger partial charge >= 0.3 is 0 Å². The van der Waals surface area contributed by atoms with Crippen LogP contribution in [0.3, 0.4) is 0 Å². The third-order valence-electron chi connectivity index (χ3n) is 2.94. The molecule has 0 saturated carbocycles. The van der Waals surface area contributed by atoms with Gasteiger partial charge in [0.2, 0.25) is 10.0 Å². The second-order valence-electron chi connectivity index (χ2n) is 5.33. The van der Waals surface area contributed by atoms with Gasteiger partial charge in [-0.2, -0.15) is 0 Å². The van der Waals surface area contributed by atoms with Crippen molar-refractivity contribution in [2.24, 2.45) is 0 Å². The summed E-state index contributed by atoms with van der Waals surface area (Å²) in [4.78, 5) is 2.45. The van der Waals surface area contributed by atoms with E-state index in [2.05, 4.69) is 46.3 Å². The number of fused-ring (bicyclic) bond motifs is 1. The largest absolute Gasteiger partial charge is 0.364 e. The van der Waals surface area contributed by atoms with Crippen LogP contribution in [0, 0.1) is 0 Å². The van der Waals surface area contributed by atoms with Gasteiger partial charge in [-0.15, -0.1) is 0 Å². The van der Waals surface area contributed by atoms with Crippen LogP contribution in [0.5, 0.6) is 0 Å². The van der Waals surface area contributed by atoms with Gasteiger partial charge in [0, 0.05) is 23.1 Å². The molecule has 1 N–H and O–H groups in total. The Labute approximate surface area is 117 Å². The first-order valence-electron chi connectivity index (χ1n) is 5.79. The average molecular weight is 333 g/mol. The topological polar surface area (TPSA) is 49.4 Å². The molecule has 2 rings (SSSR count). The Kier molecular flexibility index (Phi) is 3.46. The molecule has 1 aromatic rings. The van der Waals surface area contributed by atoms with Crippen molar-refractivity contribution in [1.82, 2.24) is 4.72 Å². The predicted octanol–water partition coefficient (Wildman–Crippen LogP) is 2.35. The minimum absolute atomic E-state index is 0.121. The molecule has 0 unspecified atom stereocenters. The third kappa shape index (κ3) is 2.55. The fourth-order valence-electron chi connectivity index (χ4n) is 2.11. The summed E-state index contributed by atoms with van der Waals surface area (Å²) in [6.45, 7) is 7.33. The van der Waals surface area contributed by atoms with Crippen molar-refractivity contribution in [3.05, 3.63) is 22.7 Å². The van der Waals surface area contributed by atoms with E-state index < -0.39 is 10.0 Å². The van der Waals surface area contributed by atoms with Crippen molar-refractivity contribution >= 4 is 31.6 Å². The molecule has 1 aliphatic rings. The Balaban J connectivity index is 2.67. The lowest BCUT2D eigenvalue weighted by molar-refractivity contribution is 0.503. The smallest absolute Gasteiger partial charge is 0.242 e. The molecule has 1 aliphatic heterocycles. The minimum Gasteiger partial charge on any atom is -0.364 e. The molecule has 4 nitrogen and oxygen atoms in total. The van der Waals surface area contributed by atoms with E-state index in [0.717, 1.165) is 10.2 Å². The molecule has 0 aromatic heterocycles. The molecule has 100 valence electrons. The van der Waals surface area contributed by atoms with E-state index in [-0.39, 0.29) is 5.54 Å². The predicted molar refractivity (Wildman–Crippen MR) is 76.4 cm³/mol. The van der Waals surface area contributed by atoms with Crippen molar-refractivity contribution in [3.8, 4) is 0 Å². The van der Waals surface area contributed by atoms with E-state index in [4.69, 9.17) is 0 Å². The molecule has 0 aliphatic carbocycles. The lowest BCUT2D eigenvalue weighted by atomic mass is 10.0. The summed E-state index contributed by atoms with van der Waals surface area (Å²) in [5.74, 6) is 0. The molecule has 1 heterocycles. The Morgan fingerprint density at radius 3 is 2.61 bits per heavy atom. The van der Waals surface area contributed by atoms with Gasteiger partial charge in [-0.3, -0.25) is 0 Å². The first-order chi connectivity index (χ1) is 8.22. The van der Waals surface area contributed by atoms with Gasteiger partial charge in [0.15, 0.2) is 0 Å². The molecule has 18 heavy (non-hydrogen) atoms. The van der Waals surface area contributed by atoms with E-state index in [0.29, 0.717) is 18.0 Å². The fraction of sp³-hybridized carbons (Fsp3) is 0.500. The first-order valence-corrected chi connectivity index (χ1v) is 8.06. The minimum atomic E-state index is -3.42. The van der Waals surface area contributed by atoms with Crippen molar-refractivity contribution in [3.63, 3.8) is 0 Å². The Morgan fingerprint density at radius 1 is 1.33 bits per heavy atom. The molecule has 1 aromatic carbocycles. The number of sulfonamides is 1. The quantitative estimate of drug-likeness (QED) is 0.793. The van der Waals surface area contributed by atoms with Crippen LogP contribution in [0.4, 0.5) is 5.69 Å². The lowest BCUT2D eigenvalue weighted by Gasteiger charge is -2.37. The van der Waals surface area contributed by atoms with E-state index in [1.165, 1.54) is 0 Å². The van der Waals surface area contributed by atoms with Gasteiger partial charge in [0.05, 0.1) is 5.69 Å². The highest BCUT2D eigenvalue weighted by Gasteiger charge is 2.31. The molecule has 6 heteroatoms. The van der Waals surface area contributed by atoms with Crippen LogP contribution in [-0.2, 0) is 10.0 Å². The number of hydrogen-bond donors (Lipinski definition) is 1. The molecule has 0 spiro atoms. The van der Waals surface area contributed by atoms with Crippen molar-refractivity contribution < 1.29 is 8.42 Å². The van der Waals surface area contributed by atoms with Crippen molar-refractivity contribution in [2.45, 2.75) is 31.2 Å². The standard InChI is InChI=1S/C12H17BrN2O2S/c1-12(2,3)15-7-6-14-18(16,17)11-8-9(13)4-5-10(11)15/h4-5,8,14H,6-7H2,1-3H3. The maximum absolute atomic E-state index is 12.2. The third-order valence-corrected chi connectivity index (χ3v) is 4.92. The van der Waals surface area contributed by atoms with Crippen LogP contribution >= 0.6 is 15.9 Å². The molecular formula is C12H17BrN2O2S. The summed E-state index contributed by atoms with van der Waals surface area (Å²) in [5, 5.41) is 0. The maximum atomic E-state index is 12.2. The summed E-state index contributed by atoms with van der Waals surface area (Å²) in [6.07, 6.45) is 0. The summed E-state index contributed by atoms with van der Waals surface area (Å²) in [5.41, 5.74) is 0.639. The van der Waals surface area contributed by atoms with E-state index in [1.807, 2.05) is 12.1 Å². The number of benzene rings is 1. The van der Waals surface area contributed by atoms with Crippen LogP contribution in [0.25, 0.3) is 0 Å². The zero-order chi connectivity index (χ0) is 13.6. The number of nitrogens with zero attached hydrogens (tertiary/aromatic N) is 1. The van der Waals surface area contributed by atoms with Crippen molar-refractivity contribution in [2.75, 3.05) is 18.0 Å². The second kappa shape index (κ2) is 4.51. The SMILES string of the molecule is CC(C)(C)N1CCNS(=O)(=O)c2cc(Br)ccc21. The normalized spacial score (nSPS) is 19.2. The van der Waals surface area contributed by atoms with Gasteiger partial charge in [-0.1, -0.05) is 15.9 Å². The van der Waals surface area contributed by atoms with E-state index in [1.54, 1.807) is 6.07 Å². The fourth-order valence-corrected chi connectivity index (χ4v) is 3.88. The number of rotatable bonds is 0. The van der Waals surface area contributed by atoms with Gasteiger partial charge in [0.25, 0.3) is 0 Å². The Hall–Kier alpha value is -0.590. The Morgan fingerprint density at radius 2 is 2.00 bits per heavy atom. The average Bonchev–Trinajstić information content (AvgIpc) is 2.35. The zero-order valence-corrected chi connectivity index (χ0v) is 13.1. The van der Waals surface area contributed by atoms with Gasteiger partial charge < -0.3 is 4.90 Å². The highest BCUT2D eigenvalue weighted by Crippen LogP contribution is 2.33. The van der Waals surface area contributed by atoms with Crippen LogP contribution in [0.2, 0.25) is 0 Å². The molecule has 0 atom stereocenters. The molecule has 0 saturated heterocycles. The van der Waals surface area contributed by atoms with Gasteiger partial charge in [-0.05, 0) is 39.0 Å². The lowest BCUT2D eigenvalue weighted by Crippen LogP contribution is -2.43. The summed E-state index contributed by atoms with van der Waals surface area (Å²) >= 11 is 3.33. The number of halogens is 1. The van der Waals surface area contributed by atoms with Crippen molar-refractivity contribution in [1.29, 1.82) is 0 Å².